The Labute approximate surface area is 85.7 Å². The number of hydrogen-bond donors (Lipinski definition) is 1. The van der Waals surface area contributed by atoms with Gasteiger partial charge in [0.15, 0.2) is 0 Å². The molecule has 5 nitrogen and oxygen atoms in total. The van der Waals surface area contributed by atoms with E-state index in [1.54, 1.807) is 18.2 Å². The van der Waals surface area contributed by atoms with Gasteiger partial charge in [0.05, 0.1) is 16.1 Å². The van der Waals surface area contributed by atoms with E-state index >= 15 is 0 Å². The third-order valence-electron chi connectivity index (χ3n) is 2.15. The number of benzene rings is 1. The second kappa shape index (κ2) is 3.62. The van der Waals surface area contributed by atoms with Crippen LogP contribution in [0.4, 0.5) is 5.69 Å². The minimum atomic E-state index is -0.420. The fourth-order valence-electron chi connectivity index (χ4n) is 1.38. The first kappa shape index (κ1) is 9.54. The van der Waals surface area contributed by atoms with Gasteiger partial charge in [0, 0.05) is 24.1 Å². The van der Waals surface area contributed by atoms with Gasteiger partial charge in [-0.2, -0.15) is 0 Å². The van der Waals surface area contributed by atoms with Crippen molar-refractivity contribution in [1.29, 1.82) is 0 Å². The molecule has 0 radical (unpaired) electrons. The zero-order valence-corrected chi connectivity index (χ0v) is 7.88. The molecule has 0 spiro atoms. The van der Waals surface area contributed by atoms with Crippen molar-refractivity contribution in [3.05, 3.63) is 46.1 Å². The van der Waals surface area contributed by atoms with Crippen molar-refractivity contribution >= 4 is 16.6 Å². The van der Waals surface area contributed by atoms with Crippen LogP contribution in [-0.4, -0.2) is 9.91 Å². The Morgan fingerprint density at radius 1 is 1.33 bits per heavy atom. The number of non-ortho nitro benzene ring substituents is 1. The van der Waals surface area contributed by atoms with Crippen LogP contribution >= 0.6 is 0 Å². The number of nitrogens with two attached hydrogens (primary N) is 1. The van der Waals surface area contributed by atoms with Crippen molar-refractivity contribution in [1.82, 2.24) is 4.98 Å². The number of aromatic nitrogens is 1. The maximum Gasteiger partial charge on any atom is 0.270 e. The summed E-state index contributed by atoms with van der Waals surface area (Å²) >= 11 is 0. The van der Waals surface area contributed by atoms with E-state index in [1.165, 1.54) is 12.1 Å². The summed E-state index contributed by atoms with van der Waals surface area (Å²) in [4.78, 5) is 14.4. The third-order valence-corrected chi connectivity index (χ3v) is 2.15. The molecule has 0 fully saturated rings. The first-order chi connectivity index (χ1) is 7.20. The van der Waals surface area contributed by atoms with Gasteiger partial charge in [-0.3, -0.25) is 15.1 Å². The molecule has 0 unspecified atom stereocenters. The largest absolute Gasteiger partial charge is 0.325 e. The highest BCUT2D eigenvalue weighted by Gasteiger charge is 2.06. The van der Waals surface area contributed by atoms with Gasteiger partial charge in [-0.1, -0.05) is 6.07 Å². The SMILES string of the molecule is NCc1ccc2cc([N+](=O)[O-])ccc2n1. The van der Waals surface area contributed by atoms with E-state index in [1.807, 2.05) is 0 Å². The Balaban J connectivity index is 2.59. The summed E-state index contributed by atoms with van der Waals surface area (Å²) in [5.41, 5.74) is 7.02. The summed E-state index contributed by atoms with van der Waals surface area (Å²) < 4.78 is 0. The monoisotopic (exact) mass is 203 g/mol. The first-order valence-electron chi connectivity index (χ1n) is 4.45. The lowest BCUT2D eigenvalue weighted by molar-refractivity contribution is -0.384. The molecule has 0 saturated heterocycles. The van der Waals surface area contributed by atoms with Gasteiger partial charge in [-0.05, 0) is 12.1 Å². The molecule has 2 aromatic rings. The van der Waals surface area contributed by atoms with Gasteiger partial charge in [-0.15, -0.1) is 0 Å². The van der Waals surface area contributed by atoms with Crippen LogP contribution in [0.25, 0.3) is 10.9 Å². The van der Waals surface area contributed by atoms with Crippen LogP contribution in [-0.2, 0) is 6.54 Å². The Bertz CT molecular complexity index is 525. The Morgan fingerprint density at radius 2 is 2.13 bits per heavy atom. The molecule has 0 aliphatic rings. The molecule has 0 saturated carbocycles. The fourth-order valence-corrected chi connectivity index (χ4v) is 1.38. The number of nitro benzene ring substituents is 1. The number of hydrogen-bond acceptors (Lipinski definition) is 4. The number of nitro groups is 1. The van der Waals surface area contributed by atoms with E-state index in [9.17, 15) is 10.1 Å². The fraction of sp³-hybridized carbons (Fsp3) is 0.100. The highest BCUT2D eigenvalue weighted by atomic mass is 16.6. The van der Waals surface area contributed by atoms with Crippen LogP contribution in [0.2, 0.25) is 0 Å². The molecule has 2 rings (SSSR count). The molecule has 1 aromatic carbocycles. The summed E-state index contributed by atoms with van der Waals surface area (Å²) in [6.45, 7) is 0.368. The predicted molar refractivity (Wildman–Crippen MR) is 56.3 cm³/mol. The summed E-state index contributed by atoms with van der Waals surface area (Å²) in [6, 6.07) is 8.13. The molecule has 1 aromatic heterocycles. The summed E-state index contributed by atoms with van der Waals surface area (Å²) in [5, 5.41) is 11.3. The van der Waals surface area contributed by atoms with Crippen LogP contribution in [0.1, 0.15) is 5.69 Å². The highest BCUT2D eigenvalue weighted by Crippen LogP contribution is 2.19. The lowest BCUT2D eigenvalue weighted by atomic mass is 10.2. The molecule has 5 heteroatoms. The van der Waals surface area contributed by atoms with Gasteiger partial charge in [0.2, 0.25) is 0 Å². The number of nitrogens with zero attached hydrogens (tertiary/aromatic N) is 2. The Morgan fingerprint density at radius 3 is 2.80 bits per heavy atom. The minimum absolute atomic E-state index is 0.0739. The van der Waals surface area contributed by atoms with Crippen molar-refractivity contribution in [3.63, 3.8) is 0 Å². The van der Waals surface area contributed by atoms with Crippen molar-refractivity contribution < 1.29 is 4.92 Å². The van der Waals surface area contributed by atoms with E-state index in [0.717, 1.165) is 16.6 Å². The molecule has 2 N–H and O–H groups in total. The van der Waals surface area contributed by atoms with Gasteiger partial charge in [-0.25, -0.2) is 0 Å². The maximum atomic E-state index is 10.5. The van der Waals surface area contributed by atoms with E-state index in [0.29, 0.717) is 6.54 Å². The normalized spacial score (nSPS) is 10.5. The molecule has 15 heavy (non-hydrogen) atoms. The predicted octanol–water partition coefficient (Wildman–Crippen LogP) is 1.60. The molecule has 76 valence electrons. The van der Waals surface area contributed by atoms with Crippen molar-refractivity contribution in [2.75, 3.05) is 0 Å². The summed E-state index contributed by atoms with van der Waals surface area (Å²) in [5.74, 6) is 0. The van der Waals surface area contributed by atoms with Crippen LogP contribution in [0.3, 0.4) is 0 Å². The zero-order chi connectivity index (χ0) is 10.8. The van der Waals surface area contributed by atoms with Crippen LogP contribution < -0.4 is 5.73 Å². The van der Waals surface area contributed by atoms with E-state index in [4.69, 9.17) is 5.73 Å². The van der Waals surface area contributed by atoms with Crippen LogP contribution in [0.5, 0.6) is 0 Å². The van der Waals surface area contributed by atoms with Crippen molar-refractivity contribution in [2.24, 2.45) is 5.73 Å². The average Bonchev–Trinajstić information content (AvgIpc) is 2.27. The summed E-state index contributed by atoms with van der Waals surface area (Å²) in [7, 11) is 0. The van der Waals surface area contributed by atoms with Gasteiger partial charge < -0.3 is 5.73 Å². The zero-order valence-electron chi connectivity index (χ0n) is 7.88. The topological polar surface area (TPSA) is 82.0 Å². The molecule has 0 amide bonds. The van der Waals surface area contributed by atoms with Gasteiger partial charge >= 0.3 is 0 Å². The number of fused-ring (bicyclic) bond motifs is 1. The van der Waals surface area contributed by atoms with Crippen molar-refractivity contribution in [3.8, 4) is 0 Å². The first-order valence-corrected chi connectivity index (χ1v) is 4.45. The minimum Gasteiger partial charge on any atom is -0.325 e. The molecule has 0 atom stereocenters. The standard InChI is InChI=1S/C10H9N3O2/c11-6-8-2-1-7-5-9(13(14)15)3-4-10(7)12-8/h1-5H,6,11H2. The lowest BCUT2D eigenvalue weighted by Crippen LogP contribution is -1.99. The molecular formula is C10H9N3O2. The lowest BCUT2D eigenvalue weighted by Gasteiger charge is -1.99. The third kappa shape index (κ3) is 1.77. The smallest absolute Gasteiger partial charge is 0.270 e. The Kier molecular flexibility index (Phi) is 2.31. The second-order valence-corrected chi connectivity index (χ2v) is 3.14. The Hall–Kier alpha value is -2.01. The molecule has 0 aliphatic carbocycles. The van der Waals surface area contributed by atoms with Gasteiger partial charge in [0.25, 0.3) is 5.69 Å². The summed E-state index contributed by atoms with van der Waals surface area (Å²) in [6.07, 6.45) is 0. The molecule has 0 bridgehead atoms. The quantitative estimate of drug-likeness (QED) is 0.593. The second-order valence-electron chi connectivity index (χ2n) is 3.14. The van der Waals surface area contributed by atoms with Crippen LogP contribution in [0.15, 0.2) is 30.3 Å². The van der Waals surface area contributed by atoms with Gasteiger partial charge in [0.1, 0.15) is 0 Å². The van der Waals surface area contributed by atoms with Crippen LogP contribution in [0, 0.1) is 10.1 Å². The molecular weight excluding hydrogens is 194 g/mol. The number of pyridine rings is 1. The highest BCUT2D eigenvalue weighted by molar-refractivity contribution is 5.81. The van der Waals surface area contributed by atoms with E-state index < -0.39 is 4.92 Å². The van der Waals surface area contributed by atoms with Crippen molar-refractivity contribution in [2.45, 2.75) is 6.54 Å². The molecule has 1 heterocycles. The molecule has 0 aliphatic heterocycles. The van der Waals surface area contributed by atoms with E-state index in [2.05, 4.69) is 4.98 Å². The van der Waals surface area contributed by atoms with E-state index in [-0.39, 0.29) is 5.69 Å². The maximum absolute atomic E-state index is 10.5. The number of rotatable bonds is 2. The average molecular weight is 203 g/mol.